The van der Waals surface area contributed by atoms with E-state index in [-0.39, 0.29) is 5.41 Å². The molecule has 3 heterocycles. The molecule has 0 radical (unpaired) electrons. The highest BCUT2D eigenvalue weighted by atomic mass is 15.2. The summed E-state index contributed by atoms with van der Waals surface area (Å²) in [6, 6.07) is 37.1. The summed E-state index contributed by atoms with van der Waals surface area (Å²) < 4.78 is 2.38. The van der Waals surface area contributed by atoms with E-state index in [1.54, 1.807) is 0 Å². The maximum atomic E-state index is 4.93. The van der Waals surface area contributed by atoms with Gasteiger partial charge in [-0.25, -0.2) is 4.98 Å². The Morgan fingerprint density at radius 3 is 2.22 bits per heavy atom. The number of benzene rings is 4. The molecule has 0 saturated heterocycles. The second kappa shape index (κ2) is 7.56. The van der Waals surface area contributed by atoms with Crippen LogP contribution in [0, 0.1) is 6.92 Å². The number of hydrogen-bond donors (Lipinski definition) is 0. The smallest absolute Gasteiger partial charge is 0.141 e. The van der Waals surface area contributed by atoms with E-state index in [1.807, 2.05) is 6.20 Å². The Kier molecular flexibility index (Phi) is 4.40. The first kappa shape index (κ1) is 21.0. The molecule has 2 aromatic heterocycles. The van der Waals surface area contributed by atoms with Crippen LogP contribution in [-0.4, -0.2) is 9.55 Å². The molecule has 0 aliphatic carbocycles. The van der Waals surface area contributed by atoms with E-state index < -0.39 is 0 Å². The molecular formula is C33H27N3. The summed E-state index contributed by atoms with van der Waals surface area (Å²) in [5.74, 6) is 1.01. The molecule has 4 aromatic carbocycles. The summed E-state index contributed by atoms with van der Waals surface area (Å²) in [7, 11) is 0. The Bertz CT molecular complexity index is 1730. The Balaban J connectivity index is 1.56. The second-order valence-electron chi connectivity index (χ2n) is 10.2. The third-order valence-electron chi connectivity index (χ3n) is 7.74. The van der Waals surface area contributed by atoms with Gasteiger partial charge in [0.2, 0.25) is 0 Å². The number of para-hydroxylation sites is 3. The quantitative estimate of drug-likeness (QED) is 0.255. The highest BCUT2D eigenvalue weighted by molar-refractivity contribution is 6.11. The third kappa shape index (κ3) is 2.83. The van der Waals surface area contributed by atoms with Crippen LogP contribution in [0.25, 0.3) is 27.5 Å². The molecule has 0 unspecified atom stereocenters. The molecule has 0 saturated carbocycles. The first-order valence-electron chi connectivity index (χ1n) is 12.5. The van der Waals surface area contributed by atoms with Gasteiger partial charge in [0.25, 0.3) is 0 Å². The number of fused-ring (bicyclic) bond motifs is 5. The molecule has 0 bridgehead atoms. The van der Waals surface area contributed by atoms with E-state index in [9.17, 15) is 0 Å². The minimum Gasteiger partial charge on any atom is -0.309 e. The third-order valence-corrected chi connectivity index (χ3v) is 7.74. The van der Waals surface area contributed by atoms with Crippen LogP contribution in [0.15, 0.2) is 109 Å². The first-order valence-corrected chi connectivity index (χ1v) is 12.5. The molecule has 1 aliphatic heterocycles. The van der Waals surface area contributed by atoms with Gasteiger partial charge in [0.15, 0.2) is 0 Å². The second-order valence-corrected chi connectivity index (χ2v) is 10.2. The van der Waals surface area contributed by atoms with E-state index >= 15 is 0 Å². The summed E-state index contributed by atoms with van der Waals surface area (Å²) in [5, 5.41) is 2.50. The van der Waals surface area contributed by atoms with Crippen molar-refractivity contribution < 1.29 is 0 Å². The summed E-state index contributed by atoms with van der Waals surface area (Å²) in [6.45, 7) is 6.81. The molecule has 0 spiro atoms. The van der Waals surface area contributed by atoms with E-state index in [1.165, 1.54) is 55.6 Å². The number of aryl methyl sites for hydroxylation is 1. The summed E-state index contributed by atoms with van der Waals surface area (Å²) in [5.41, 5.74) is 9.62. The van der Waals surface area contributed by atoms with Gasteiger partial charge in [-0.2, -0.15) is 0 Å². The van der Waals surface area contributed by atoms with Crippen molar-refractivity contribution in [3.63, 3.8) is 0 Å². The zero-order valence-corrected chi connectivity index (χ0v) is 20.7. The van der Waals surface area contributed by atoms with E-state index in [4.69, 9.17) is 4.98 Å². The summed E-state index contributed by atoms with van der Waals surface area (Å²) >= 11 is 0. The fourth-order valence-electron chi connectivity index (χ4n) is 5.97. The van der Waals surface area contributed by atoms with E-state index in [0.717, 1.165) is 5.82 Å². The molecule has 36 heavy (non-hydrogen) atoms. The monoisotopic (exact) mass is 465 g/mol. The zero-order chi connectivity index (χ0) is 24.4. The van der Waals surface area contributed by atoms with Crippen LogP contribution in [-0.2, 0) is 5.41 Å². The molecule has 174 valence electrons. The standard InChI is InChI=1S/C33H27N3/c1-22-20-31-25(24-14-7-9-17-28(24)35(31)23-12-5-4-6-13-23)21-30(22)36-29-18-10-8-15-26(29)33(2,3)27-16-11-19-34-32(27)36/h4-21H,1-3H3. The Labute approximate surface area is 211 Å². The van der Waals surface area contributed by atoms with Crippen molar-refractivity contribution in [2.45, 2.75) is 26.2 Å². The number of nitrogens with zero attached hydrogens (tertiary/aromatic N) is 3. The Morgan fingerprint density at radius 2 is 1.36 bits per heavy atom. The maximum Gasteiger partial charge on any atom is 0.141 e. The average molecular weight is 466 g/mol. The highest BCUT2D eigenvalue weighted by Gasteiger charge is 2.38. The van der Waals surface area contributed by atoms with Crippen LogP contribution >= 0.6 is 0 Å². The van der Waals surface area contributed by atoms with Gasteiger partial charge in [-0.3, -0.25) is 4.90 Å². The van der Waals surface area contributed by atoms with Gasteiger partial charge in [0.05, 0.1) is 22.4 Å². The molecule has 3 heteroatoms. The lowest BCUT2D eigenvalue weighted by molar-refractivity contribution is 0.627. The fraction of sp³-hybridized carbons (Fsp3) is 0.121. The van der Waals surface area contributed by atoms with Gasteiger partial charge in [0.1, 0.15) is 5.82 Å². The minimum absolute atomic E-state index is 0.127. The molecular weight excluding hydrogens is 438 g/mol. The maximum absolute atomic E-state index is 4.93. The molecule has 0 fully saturated rings. The number of anilines is 3. The molecule has 3 nitrogen and oxygen atoms in total. The summed E-state index contributed by atoms with van der Waals surface area (Å²) in [4.78, 5) is 7.29. The average Bonchev–Trinajstić information content (AvgIpc) is 3.22. The fourth-order valence-corrected chi connectivity index (χ4v) is 5.97. The highest BCUT2D eigenvalue weighted by Crippen LogP contribution is 2.52. The largest absolute Gasteiger partial charge is 0.309 e. The van der Waals surface area contributed by atoms with Gasteiger partial charge in [-0.1, -0.05) is 74.5 Å². The topological polar surface area (TPSA) is 21.1 Å². The van der Waals surface area contributed by atoms with Crippen molar-refractivity contribution in [1.82, 2.24) is 9.55 Å². The molecule has 0 atom stereocenters. The molecule has 0 N–H and O–H groups in total. The van der Waals surface area contributed by atoms with Gasteiger partial charge in [0, 0.05) is 33.6 Å². The molecule has 1 aliphatic rings. The normalized spacial score (nSPS) is 14.1. The van der Waals surface area contributed by atoms with Crippen LogP contribution in [0.1, 0.15) is 30.5 Å². The van der Waals surface area contributed by atoms with Crippen molar-refractivity contribution >= 4 is 39.0 Å². The Morgan fingerprint density at radius 1 is 0.639 bits per heavy atom. The van der Waals surface area contributed by atoms with Crippen molar-refractivity contribution in [3.05, 3.63) is 126 Å². The van der Waals surface area contributed by atoms with Crippen molar-refractivity contribution in [3.8, 4) is 5.69 Å². The van der Waals surface area contributed by atoms with Crippen LogP contribution in [0.5, 0.6) is 0 Å². The lowest BCUT2D eigenvalue weighted by Gasteiger charge is -2.41. The van der Waals surface area contributed by atoms with Crippen LogP contribution in [0.2, 0.25) is 0 Å². The first-order chi connectivity index (χ1) is 17.6. The minimum atomic E-state index is -0.127. The van der Waals surface area contributed by atoms with Crippen molar-refractivity contribution in [2.75, 3.05) is 4.90 Å². The van der Waals surface area contributed by atoms with Crippen LogP contribution in [0.4, 0.5) is 17.2 Å². The van der Waals surface area contributed by atoms with Gasteiger partial charge < -0.3 is 4.57 Å². The number of hydrogen-bond acceptors (Lipinski definition) is 2. The van der Waals surface area contributed by atoms with Gasteiger partial charge >= 0.3 is 0 Å². The van der Waals surface area contributed by atoms with E-state index in [0.29, 0.717) is 0 Å². The molecule has 0 amide bonds. The molecule has 6 aromatic rings. The zero-order valence-electron chi connectivity index (χ0n) is 20.7. The van der Waals surface area contributed by atoms with Gasteiger partial charge in [-0.05, 0) is 60.5 Å². The number of rotatable bonds is 2. The van der Waals surface area contributed by atoms with Crippen molar-refractivity contribution in [1.29, 1.82) is 0 Å². The van der Waals surface area contributed by atoms with Crippen LogP contribution < -0.4 is 4.90 Å². The predicted molar refractivity (Wildman–Crippen MR) is 150 cm³/mol. The summed E-state index contributed by atoms with van der Waals surface area (Å²) in [6.07, 6.45) is 1.91. The Hall–Kier alpha value is -4.37. The predicted octanol–water partition coefficient (Wildman–Crippen LogP) is 8.60. The number of aromatic nitrogens is 2. The van der Waals surface area contributed by atoms with Crippen LogP contribution in [0.3, 0.4) is 0 Å². The number of pyridine rings is 1. The lowest BCUT2D eigenvalue weighted by atomic mass is 9.74. The molecule has 7 rings (SSSR count). The SMILES string of the molecule is Cc1cc2c(cc1N1c3ccccc3C(C)(C)c3cccnc31)c1ccccc1n2-c1ccccc1. The van der Waals surface area contributed by atoms with Crippen molar-refractivity contribution in [2.24, 2.45) is 0 Å². The lowest BCUT2D eigenvalue weighted by Crippen LogP contribution is -2.31. The van der Waals surface area contributed by atoms with Gasteiger partial charge in [-0.15, -0.1) is 0 Å². The van der Waals surface area contributed by atoms with E-state index in [2.05, 4.69) is 133 Å².